The highest BCUT2D eigenvalue weighted by molar-refractivity contribution is 5.89. The molecule has 2 N–H and O–H groups in total. The lowest BCUT2D eigenvalue weighted by atomic mass is 10.2. The summed E-state index contributed by atoms with van der Waals surface area (Å²) in [6.45, 7) is 4.37. The van der Waals surface area contributed by atoms with Gasteiger partial charge in [-0.3, -0.25) is 9.79 Å². The molecule has 0 fully saturated rings. The van der Waals surface area contributed by atoms with Gasteiger partial charge in [-0.15, -0.1) is 0 Å². The summed E-state index contributed by atoms with van der Waals surface area (Å²) in [5, 5.41) is 0. The Morgan fingerprint density at radius 3 is 2.46 bits per heavy atom. The zero-order valence-electron chi connectivity index (χ0n) is 8.54. The van der Waals surface area contributed by atoms with E-state index >= 15 is 0 Å². The second kappa shape index (κ2) is 6.60. The standard InChI is InChI=1S/C9H18N2O2/c1-7(2)11-8(6-10)4-5-9(12)13-3/h7H,4-6,10H2,1-3H3. The molecule has 0 saturated carbocycles. The van der Waals surface area contributed by atoms with Crippen molar-refractivity contribution in [2.45, 2.75) is 32.7 Å². The first-order valence-electron chi connectivity index (χ1n) is 4.42. The quantitative estimate of drug-likeness (QED) is 0.509. The summed E-state index contributed by atoms with van der Waals surface area (Å²) in [5.74, 6) is -0.218. The summed E-state index contributed by atoms with van der Waals surface area (Å²) in [7, 11) is 1.38. The van der Waals surface area contributed by atoms with Crippen molar-refractivity contribution in [2.24, 2.45) is 10.7 Å². The number of nitrogens with two attached hydrogens (primary N) is 1. The number of rotatable bonds is 5. The van der Waals surface area contributed by atoms with Gasteiger partial charge in [0.05, 0.1) is 13.5 Å². The number of hydrogen-bond acceptors (Lipinski definition) is 4. The Morgan fingerprint density at radius 1 is 1.46 bits per heavy atom. The van der Waals surface area contributed by atoms with E-state index in [-0.39, 0.29) is 12.0 Å². The van der Waals surface area contributed by atoms with Gasteiger partial charge in [-0.2, -0.15) is 0 Å². The molecular weight excluding hydrogens is 168 g/mol. The van der Waals surface area contributed by atoms with Gasteiger partial charge in [0.25, 0.3) is 0 Å². The number of esters is 1. The minimum atomic E-state index is -0.218. The van der Waals surface area contributed by atoms with Crippen LogP contribution in [0.4, 0.5) is 0 Å². The Bertz CT molecular complexity index is 188. The maximum Gasteiger partial charge on any atom is 0.305 e. The van der Waals surface area contributed by atoms with Gasteiger partial charge in [0.15, 0.2) is 0 Å². The zero-order chi connectivity index (χ0) is 10.3. The summed E-state index contributed by atoms with van der Waals surface area (Å²) >= 11 is 0. The largest absolute Gasteiger partial charge is 0.469 e. The molecule has 0 aromatic heterocycles. The maximum absolute atomic E-state index is 10.8. The molecule has 76 valence electrons. The van der Waals surface area contributed by atoms with E-state index in [2.05, 4.69) is 9.73 Å². The predicted molar refractivity (Wildman–Crippen MR) is 52.9 cm³/mol. The van der Waals surface area contributed by atoms with Crippen molar-refractivity contribution >= 4 is 11.7 Å². The number of methoxy groups -OCH3 is 1. The minimum Gasteiger partial charge on any atom is -0.469 e. The van der Waals surface area contributed by atoms with E-state index in [0.717, 1.165) is 5.71 Å². The van der Waals surface area contributed by atoms with Crippen LogP contribution in [-0.2, 0) is 9.53 Å². The number of hydrogen-bond donors (Lipinski definition) is 1. The van der Waals surface area contributed by atoms with Gasteiger partial charge in [0.1, 0.15) is 0 Å². The number of aliphatic imine (C=N–C) groups is 1. The average Bonchev–Trinajstić information content (AvgIpc) is 2.10. The van der Waals surface area contributed by atoms with E-state index in [4.69, 9.17) is 5.73 Å². The minimum absolute atomic E-state index is 0.218. The SMILES string of the molecule is COC(=O)CCC(CN)=NC(C)C. The summed E-state index contributed by atoms with van der Waals surface area (Å²) in [6.07, 6.45) is 0.959. The Balaban J connectivity index is 3.92. The van der Waals surface area contributed by atoms with Crippen molar-refractivity contribution in [1.82, 2.24) is 0 Å². The highest BCUT2D eigenvalue weighted by Gasteiger charge is 2.04. The second-order valence-corrected chi connectivity index (χ2v) is 3.07. The maximum atomic E-state index is 10.8. The van der Waals surface area contributed by atoms with Gasteiger partial charge in [-0.25, -0.2) is 0 Å². The van der Waals surface area contributed by atoms with Crippen molar-refractivity contribution < 1.29 is 9.53 Å². The third-order valence-corrected chi connectivity index (χ3v) is 1.52. The van der Waals surface area contributed by atoms with Crippen molar-refractivity contribution in [3.63, 3.8) is 0 Å². The number of carbonyl (C=O) groups is 1. The smallest absolute Gasteiger partial charge is 0.305 e. The van der Waals surface area contributed by atoms with E-state index in [1.54, 1.807) is 0 Å². The van der Waals surface area contributed by atoms with Crippen molar-refractivity contribution in [3.05, 3.63) is 0 Å². The average molecular weight is 186 g/mol. The van der Waals surface area contributed by atoms with Gasteiger partial charge in [0, 0.05) is 18.3 Å². The number of ether oxygens (including phenoxy) is 1. The zero-order valence-corrected chi connectivity index (χ0v) is 8.54. The molecule has 0 heterocycles. The molecule has 0 aliphatic carbocycles. The lowest BCUT2D eigenvalue weighted by Gasteiger charge is -2.04. The second-order valence-electron chi connectivity index (χ2n) is 3.07. The Kier molecular flexibility index (Phi) is 6.14. The molecule has 4 heteroatoms. The van der Waals surface area contributed by atoms with E-state index in [9.17, 15) is 4.79 Å². The lowest BCUT2D eigenvalue weighted by Crippen LogP contribution is -2.17. The van der Waals surface area contributed by atoms with Crippen molar-refractivity contribution in [3.8, 4) is 0 Å². The van der Waals surface area contributed by atoms with Crippen molar-refractivity contribution in [2.75, 3.05) is 13.7 Å². The van der Waals surface area contributed by atoms with Crippen LogP contribution >= 0.6 is 0 Å². The number of nitrogens with zero attached hydrogens (tertiary/aromatic N) is 1. The van der Waals surface area contributed by atoms with Gasteiger partial charge in [0.2, 0.25) is 0 Å². The Labute approximate surface area is 79.2 Å². The van der Waals surface area contributed by atoms with E-state index < -0.39 is 0 Å². The first kappa shape index (κ1) is 12.1. The first-order valence-corrected chi connectivity index (χ1v) is 4.42. The van der Waals surface area contributed by atoms with Crippen LogP contribution in [0.2, 0.25) is 0 Å². The van der Waals surface area contributed by atoms with Crippen LogP contribution in [0.25, 0.3) is 0 Å². The first-order chi connectivity index (χ1) is 6.10. The Hall–Kier alpha value is -0.900. The predicted octanol–water partition coefficient (Wildman–Crippen LogP) is 0.748. The van der Waals surface area contributed by atoms with Crippen LogP contribution in [0.3, 0.4) is 0 Å². The monoisotopic (exact) mass is 186 g/mol. The highest BCUT2D eigenvalue weighted by atomic mass is 16.5. The summed E-state index contributed by atoms with van der Waals surface area (Å²) in [6, 6.07) is 0.233. The third-order valence-electron chi connectivity index (χ3n) is 1.52. The fourth-order valence-electron chi connectivity index (χ4n) is 0.933. The molecule has 0 aliphatic rings. The van der Waals surface area contributed by atoms with Gasteiger partial charge in [-0.05, 0) is 20.3 Å². The fourth-order valence-corrected chi connectivity index (χ4v) is 0.933. The van der Waals surface area contributed by atoms with Crippen LogP contribution in [0.15, 0.2) is 4.99 Å². The molecule has 0 unspecified atom stereocenters. The molecule has 4 nitrogen and oxygen atoms in total. The van der Waals surface area contributed by atoms with Crippen LogP contribution < -0.4 is 5.73 Å². The summed E-state index contributed by atoms with van der Waals surface area (Å²) in [4.78, 5) is 15.1. The van der Waals surface area contributed by atoms with Crippen LogP contribution in [-0.4, -0.2) is 31.4 Å². The van der Waals surface area contributed by atoms with Crippen LogP contribution in [0.5, 0.6) is 0 Å². The summed E-state index contributed by atoms with van der Waals surface area (Å²) in [5.41, 5.74) is 6.34. The Morgan fingerprint density at radius 2 is 2.08 bits per heavy atom. The molecule has 0 aliphatic heterocycles. The molecular formula is C9H18N2O2. The topological polar surface area (TPSA) is 64.7 Å². The molecule has 0 radical (unpaired) electrons. The highest BCUT2D eigenvalue weighted by Crippen LogP contribution is 1.97. The molecule has 0 spiro atoms. The molecule has 0 bridgehead atoms. The van der Waals surface area contributed by atoms with E-state index in [1.807, 2.05) is 13.8 Å². The van der Waals surface area contributed by atoms with Gasteiger partial charge in [-0.1, -0.05) is 0 Å². The van der Waals surface area contributed by atoms with Crippen LogP contribution in [0, 0.1) is 0 Å². The lowest BCUT2D eigenvalue weighted by molar-refractivity contribution is -0.140. The van der Waals surface area contributed by atoms with Crippen molar-refractivity contribution in [1.29, 1.82) is 0 Å². The van der Waals surface area contributed by atoms with Gasteiger partial charge >= 0.3 is 5.97 Å². The molecule has 0 saturated heterocycles. The fraction of sp³-hybridized carbons (Fsp3) is 0.778. The molecule has 0 atom stereocenters. The normalized spacial score (nSPS) is 11.9. The molecule has 0 aromatic carbocycles. The molecule has 13 heavy (non-hydrogen) atoms. The number of carbonyl (C=O) groups excluding carboxylic acids is 1. The van der Waals surface area contributed by atoms with E-state index in [1.165, 1.54) is 7.11 Å². The van der Waals surface area contributed by atoms with E-state index in [0.29, 0.717) is 19.4 Å². The third kappa shape index (κ3) is 6.28. The van der Waals surface area contributed by atoms with Gasteiger partial charge < -0.3 is 10.5 Å². The van der Waals surface area contributed by atoms with Crippen LogP contribution in [0.1, 0.15) is 26.7 Å². The molecule has 0 amide bonds. The molecule has 0 rings (SSSR count). The molecule has 0 aromatic rings. The summed E-state index contributed by atoms with van der Waals surface area (Å²) < 4.78 is 4.52.